The maximum absolute atomic E-state index is 13.5. The lowest BCUT2D eigenvalue weighted by Gasteiger charge is -2.49. The number of carbonyl (C=O) groups is 2. The van der Waals surface area contributed by atoms with Crippen molar-refractivity contribution in [2.24, 2.45) is 5.11 Å². The minimum Gasteiger partial charge on any atom is -0.497 e. The van der Waals surface area contributed by atoms with E-state index in [1.807, 2.05) is 182 Å². The Morgan fingerprint density at radius 1 is 0.424 bits per heavy atom. The van der Waals surface area contributed by atoms with Crippen LogP contribution in [0.15, 0.2) is 211 Å². The first-order valence-electron chi connectivity index (χ1n) is 30.6. The molecule has 1 N–H and O–H groups in total. The van der Waals surface area contributed by atoms with Gasteiger partial charge in [0.25, 0.3) is 0 Å². The van der Waals surface area contributed by atoms with Crippen molar-refractivity contribution < 1.29 is 85.7 Å². The largest absolute Gasteiger partial charge is 0.497 e. The highest BCUT2D eigenvalue weighted by molar-refractivity contribution is 5.66. The second-order valence-electron chi connectivity index (χ2n) is 22.2. The zero-order valence-corrected chi connectivity index (χ0v) is 51.4. The Bertz CT molecular complexity index is 3340. The molecule has 21 nitrogen and oxygen atoms in total. The van der Waals surface area contributed by atoms with E-state index in [2.05, 4.69) is 10.0 Å². The van der Waals surface area contributed by atoms with Gasteiger partial charge in [-0.3, -0.25) is 9.59 Å². The second kappa shape index (κ2) is 34.5. The quantitative estimate of drug-likeness (QED) is 0.0184. The van der Waals surface area contributed by atoms with Crippen LogP contribution >= 0.6 is 0 Å². The summed E-state index contributed by atoms with van der Waals surface area (Å²) in [5.74, 6) is -0.615. The van der Waals surface area contributed by atoms with E-state index < -0.39 is 111 Å². The molecule has 0 spiro atoms. The summed E-state index contributed by atoms with van der Waals surface area (Å²) >= 11 is 0. The van der Waals surface area contributed by atoms with Crippen LogP contribution in [0.1, 0.15) is 47.2 Å². The highest BCUT2D eigenvalue weighted by Gasteiger charge is 2.56. The maximum Gasteiger partial charge on any atom is 0.303 e. The summed E-state index contributed by atoms with van der Waals surface area (Å²) in [4.78, 5) is 30.0. The molecule has 15 atom stereocenters. The smallest absolute Gasteiger partial charge is 0.303 e. The molecule has 3 aliphatic heterocycles. The summed E-state index contributed by atoms with van der Waals surface area (Å²) in [6.07, 6.45) is -18.1. The molecule has 7 aromatic carbocycles. The van der Waals surface area contributed by atoms with Gasteiger partial charge in [-0.15, -0.1) is 0 Å². The van der Waals surface area contributed by atoms with E-state index in [1.165, 1.54) is 21.0 Å². The number of carbonyl (C=O) groups excluding carboxylic acids is 2. The van der Waals surface area contributed by atoms with Crippen molar-refractivity contribution in [3.63, 3.8) is 0 Å². The molecule has 92 heavy (non-hydrogen) atoms. The molecular weight excluding hydrogens is 1180 g/mol. The first-order valence-corrected chi connectivity index (χ1v) is 30.6. The molecule has 0 radical (unpaired) electrons. The number of benzene rings is 7. The molecule has 484 valence electrons. The van der Waals surface area contributed by atoms with Crippen LogP contribution in [0.25, 0.3) is 10.4 Å². The first kappa shape index (κ1) is 66.8. The molecule has 0 aliphatic carbocycles. The minimum absolute atomic E-state index is 0.0341. The Kier molecular flexibility index (Phi) is 25.1. The second-order valence-corrected chi connectivity index (χ2v) is 22.2. The number of aliphatic hydroxyl groups excluding tert-OH is 1. The number of hydrogen-bond donors (Lipinski definition) is 1. The van der Waals surface area contributed by atoms with E-state index in [4.69, 9.17) is 71.1 Å². The average Bonchev–Trinajstić information content (AvgIpc) is 0.796. The average molecular weight is 1260 g/mol. The highest BCUT2D eigenvalue weighted by atomic mass is 16.8. The Hall–Kier alpha value is -8.09. The molecule has 0 aromatic heterocycles. The number of azide groups is 1. The molecule has 3 fully saturated rings. The van der Waals surface area contributed by atoms with Crippen LogP contribution in [0, 0.1) is 0 Å². The standard InChI is InChI=1S/C71H77N3O18/c1-47(75)86-67-65(83-42-53-30-18-8-19-31-53)62(81-40-51-26-14-6-15-27-51)58(44-79-38-49-22-10-4-11-23-49)90-70(67)85-46-57-61(77)64(60(73-74-72)69(89-57)88-56-36-34-55(78-3)35-37-56)92-71-68(87-48(2)76)66(84-43-54-32-20-9-21-33-54)63(82-41-52-28-16-7-17-29-52)59(91-71)45-80-39-50-24-12-5-13-25-50/h4-37,57-71,77H,38-46H2,1-3H3/t57-,58-,59-,60-,61-,62-,63-,64-,65+,66+,67-,68-,69-,70-,71+/m1/s1. The molecule has 0 saturated carbocycles. The van der Waals surface area contributed by atoms with E-state index in [0.29, 0.717) is 5.75 Å². The molecule has 3 heterocycles. The summed E-state index contributed by atoms with van der Waals surface area (Å²) in [5, 5.41) is 17.1. The lowest BCUT2D eigenvalue weighted by molar-refractivity contribution is -0.354. The Balaban J connectivity index is 0.998. The number of hydrogen-bond acceptors (Lipinski definition) is 19. The van der Waals surface area contributed by atoms with Crippen LogP contribution in [0.5, 0.6) is 11.5 Å². The van der Waals surface area contributed by atoms with Crippen molar-refractivity contribution in [3.05, 3.63) is 250 Å². The molecular formula is C71H77N3O18. The van der Waals surface area contributed by atoms with Gasteiger partial charge in [-0.05, 0) is 63.2 Å². The summed E-state index contributed by atoms with van der Waals surface area (Å²) in [7, 11) is 1.52. The van der Waals surface area contributed by atoms with Gasteiger partial charge >= 0.3 is 11.9 Å². The van der Waals surface area contributed by atoms with Gasteiger partial charge < -0.3 is 76.2 Å². The third kappa shape index (κ3) is 19.0. The van der Waals surface area contributed by atoms with E-state index in [0.717, 1.165) is 33.4 Å². The number of methoxy groups -OCH3 is 1. The zero-order chi connectivity index (χ0) is 63.9. The van der Waals surface area contributed by atoms with E-state index in [-0.39, 0.29) is 58.6 Å². The predicted molar refractivity (Wildman–Crippen MR) is 333 cm³/mol. The zero-order valence-electron chi connectivity index (χ0n) is 51.4. The van der Waals surface area contributed by atoms with Crippen molar-refractivity contribution in [1.82, 2.24) is 0 Å². The molecule has 0 amide bonds. The predicted octanol–water partition coefficient (Wildman–Crippen LogP) is 10.3. The number of esters is 2. The van der Waals surface area contributed by atoms with Crippen molar-refractivity contribution in [2.45, 2.75) is 146 Å². The molecule has 3 aliphatic rings. The fraction of sp³-hybridized carbons (Fsp3) is 0.380. The Labute approximate surface area is 534 Å². The number of rotatable bonds is 31. The number of nitrogens with zero attached hydrogens (tertiary/aromatic N) is 3. The molecule has 3 saturated heterocycles. The maximum atomic E-state index is 13.5. The normalized spacial score (nSPS) is 26.2. The van der Waals surface area contributed by atoms with Crippen molar-refractivity contribution in [3.8, 4) is 11.5 Å². The van der Waals surface area contributed by atoms with Crippen LogP contribution in [0.2, 0.25) is 0 Å². The lowest BCUT2D eigenvalue weighted by atomic mass is 9.95. The summed E-state index contributed by atoms with van der Waals surface area (Å²) in [6, 6.07) is 62.3. The third-order valence-corrected chi connectivity index (χ3v) is 15.6. The highest BCUT2D eigenvalue weighted by Crippen LogP contribution is 2.38. The van der Waals surface area contributed by atoms with Crippen LogP contribution in [-0.4, -0.2) is 136 Å². The summed E-state index contributed by atoms with van der Waals surface area (Å²) in [6.45, 7) is 2.62. The van der Waals surface area contributed by atoms with Gasteiger partial charge in [-0.1, -0.05) is 187 Å². The van der Waals surface area contributed by atoms with Gasteiger partial charge in [-0.25, -0.2) is 0 Å². The van der Waals surface area contributed by atoms with Gasteiger partial charge in [0, 0.05) is 18.8 Å². The van der Waals surface area contributed by atoms with Crippen LogP contribution in [0.3, 0.4) is 0 Å². The fourth-order valence-electron chi connectivity index (χ4n) is 11.1. The third-order valence-electron chi connectivity index (χ3n) is 15.6. The Morgan fingerprint density at radius 3 is 1.17 bits per heavy atom. The van der Waals surface area contributed by atoms with Gasteiger partial charge in [0.05, 0.1) is 66.6 Å². The van der Waals surface area contributed by atoms with E-state index in [9.17, 15) is 20.2 Å². The Morgan fingerprint density at radius 2 is 0.783 bits per heavy atom. The van der Waals surface area contributed by atoms with Gasteiger partial charge in [0.1, 0.15) is 72.5 Å². The lowest BCUT2D eigenvalue weighted by Crippen LogP contribution is -2.66. The molecule has 21 heteroatoms. The first-order chi connectivity index (χ1) is 45.1. The van der Waals surface area contributed by atoms with Gasteiger partial charge in [0.15, 0.2) is 24.8 Å². The van der Waals surface area contributed by atoms with E-state index >= 15 is 0 Å². The molecule has 7 aromatic rings. The van der Waals surface area contributed by atoms with Crippen LogP contribution < -0.4 is 9.47 Å². The van der Waals surface area contributed by atoms with Gasteiger partial charge in [-0.2, -0.15) is 0 Å². The number of ether oxygens (including phenoxy) is 15. The van der Waals surface area contributed by atoms with Crippen molar-refractivity contribution in [2.75, 3.05) is 26.9 Å². The molecule has 10 rings (SSSR count). The van der Waals surface area contributed by atoms with E-state index in [1.54, 1.807) is 24.3 Å². The van der Waals surface area contributed by atoms with Gasteiger partial charge in [0.2, 0.25) is 6.29 Å². The van der Waals surface area contributed by atoms with Crippen molar-refractivity contribution in [1.29, 1.82) is 0 Å². The molecule has 0 unspecified atom stereocenters. The summed E-state index contributed by atoms with van der Waals surface area (Å²) in [5.41, 5.74) is 15.5. The molecule has 0 bridgehead atoms. The van der Waals surface area contributed by atoms with Crippen LogP contribution in [0.4, 0.5) is 0 Å². The fourth-order valence-corrected chi connectivity index (χ4v) is 11.1. The van der Waals surface area contributed by atoms with Crippen molar-refractivity contribution >= 4 is 11.9 Å². The van der Waals surface area contributed by atoms with Crippen LogP contribution in [-0.2, 0) is 111 Å². The monoisotopic (exact) mass is 1260 g/mol. The topological polar surface area (TPSA) is 242 Å². The minimum atomic E-state index is -1.76. The SMILES string of the molecule is COc1ccc(O[C@@H]2O[C@H](CO[C@@H]3O[C@H](COCc4ccccc4)[C@@H](OCc4ccccc4)[C@H](OCc4ccccc4)[C@H]3OC(C)=O)[C@@H](O)[C@H](O[C@@H]3O[C@H](COCc4ccccc4)[C@@H](OCc4ccccc4)[C@H](OCc4ccccc4)[C@H]3OC(C)=O)[C@H]2N=[N+]=[N-])cc1. The number of aliphatic hydroxyl groups is 1. The summed E-state index contributed by atoms with van der Waals surface area (Å²) < 4.78 is 98.2.